The predicted molar refractivity (Wildman–Crippen MR) is 63.3 cm³/mol. The van der Waals surface area contributed by atoms with Gasteiger partial charge in [0.2, 0.25) is 0 Å². The van der Waals surface area contributed by atoms with Crippen LogP contribution >= 0.6 is 11.6 Å². The average Bonchev–Trinajstić information content (AvgIpc) is 2.35. The first-order valence-corrected chi connectivity index (χ1v) is 5.98. The van der Waals surface area contributed by atoms with Crippen molar-refractivity contribution in [1.29, 1.82) is 5.26 Å². The summed E-state index contributed by atoms with van der Waals surface area (Å²) in [7, 11) is 0. The van der Waals surface area contributed by atoms with E-state index in [9.17, 15) is 0 Å². The molecule has 0 amide bonds. The van der Waals surface area contributed by atoms with Crippen LogP contribution in [0.5, 0.6) is 0 Å². The molecule has 2 rings (SSSR count). The van der Waals surface area contributed by atoms with Gasteiger partial charge < -0.3 is 4.74 Å². The number of alkyl halides is 1. The maximum Gasteiger partial charge on any atom is 0.143 e. The molecule has 0 saturated heterocycles. The number of fused-ring (bicyclic) bond motifs is 1. The Morgan fingerprint density at radius 1 is 1.50 bits per heavy atom. The number of aryl methyl sites for hydroxylation is 1. The van der Waals surface area contributed by atoms with Gasteiger partial charge >= 0.3 is 0 Å². The quantitative estimate of drug-likeness (QED) is 0.754. The number of benzene rings is 1. The zero-order valence-corrected chi connectivity index (χ0v) is 9.78. The molecular formula is C13H14ClNO. The van der Waals surface area contributed by atoms with Crippen LogP contribution in [0, 0.1) is 11.3 Å². The smallest absolute Gasteiger partial charge is 0.143 e. The van der Waals surface area contributed by atoms with Crippen LogP contribution in [0.1, 0.15) is 30.1 Å². The standard InChI is InChI=1S/C13H14ClNO/c14-11(8-15)9-16-13-7-3-5-10-4-1-2-6-12(10)13/h1-2,4,6,11,13H,3,5,7,9H2. The first kappa shape index (κ1) is 11.4. The van der Waals surface area contributed by atoms with Crippen LogP contribution in [-0.2, 0) is 11.2 Å². The molecule has 0 bridgehead atoms. The minimum Gasteiger partial charge on any atom is -0.371 e. The summed E-state index contributed by atoms with van der Waals surface area (Å²) >= 11 is 5.73. The molecule has 0 N–H and O–H groups in total. The molecule has 1 aliphatic rings. The van der Waals surface area contributed by atoms with Gasteiger partial charge in [0.05, 0.1) is 18.8 Å². The van der Waals surface area contributed by atoms with E-state index >= 15 is 0 Å². The minimum absolute atomic E-state index is 0.111. The van der Waals surface area contributed by atoms with Gasteiger partial charge in [-0.25, -0.2) is 0 Å². The van der Waals surface area contributed by atoms with Gasteiger partial charge in [0.15, 0.2) is 0 Å². The Labute approximate surface area is 101 Å². The van der Waals surface area contributed by atoms with E-state index in [-0.39, 0.29) is 6.10 Å². The van der Waals surface area contributed by atoms with Gasteiger partial charge in [-0.05, 0) is 30.4 Å². The third kappa shape index (κ3) is 2.55. The maximum atomic E-state index is 8.60. The fraction of sp³-hybridized carbons (Fsp3) is 0.462. The number of rotatable bonds is 3. The highest BCUT2D eigenvalue weighted by Gasteiger charge is 2.20. The van der Waals surface area contributed by atoms with Crippen molar-refractivity contribution in [3.8, 4) is 6.07 Å². The molecule has 0 spiro atoms. The number of nitriles is 1. The van der Waals surface area contributed by atoms with Crippen molar-refractivity contribution in [2.45, 2.75) is 30.7 Å². The second-order valence-electron chi connectivity index (χ2n) is 4.01. The maximum absolute atomic E-state index is 8.60. The fourth-order valence-corrected chi connectivity index (χ4v) is 2.19. The molecule has 3 heteroatoms. The number of nitrogens with zero attached hydrogens (tertiary/aromatic N) is 1. The number of ether oxygens (including phenoxy) is 1. The van der Waals surface area contributed by atoms with Crippen LogP contribution in [-0.4, -0.2) is 12.0 Å². The molecule has 1 aromatic carbocycles. The molecule has 0 saturated carbocycles. The van der Waals surface area contributed by atoms with E-state index in [4.69, 9.17) is 21.6 Å². The lowest BCUT2D eigenvalue weighted by atomic mass is 9.89. The van der Waals surface area contributed by atoms with Gasteiger partial charge in [-0.1, -0.05) is 24.3 Å². The molecule has 0 radical (unpaired) electrons. The zero-order valence-electron chi connectivity index (χ0n) is 9.03. The molecule has 16 heavy (non-hydrogen) atoms. The molecule has 2 unspecified atom stereocenters. The Balaban J connectivity index is 2.05. The first-order valence-electron chi connectivity index (χ1n) is 5.54. The summed E-state index contributed by atoms with van der Waals surface area (Å²) in [4.78, 5) is 0. The summed E-state index contributed by atoms with van der Waals surface area (Å²) in [6.07, 6.45) is 3.39. The molecule has 0 aliphatic heterocycles. The topological polar surface area (TPSA) is 33.0 Å². The Morgan fingerprint density at radius 3 is 3.12 bits per heavy atom. The highest BCUT2D eigenvalue weighted by atomic mass is 35.5. The van der Waals surface area contributed by atoms with Crippen molar-refractivity contribution >= 4 is 11.6 Å². The van der Waals surface area contributed by atoms with Crippen LogP contribution < -0.4 is 0 Å². The summed E-state index contributed by atoms with van der Waals surface area (Å²) in [5.74, 6) is 0. The van der Waals surface area contributed by atoms with E-state index in [1.165, 1.54) is 11.1 Å². The van der Waals surface area contributed by atoms with Gasteiger partial charge in [-0.15, -0.1) is 11.6 Å². The predicted octanol–water partition coefficient (Wildman–Crippen LogP) is 3.21. The van der Waals surface area contributed by atoms with Crippen molar-refractivity contribution < 1.29 is 4.74 Å². The number of halogens is 1. The monoisotopic (exact) mass is 235 g/mol. The van der Waals surface area contributed by atoms with Gasteiger partial charge in [-0.3, -0.25) is 0 Å². The van der Waals surface area contributed by atoms with Gasteiger partial charge in [-0.2, -0.15) is 5.26 Å². The van der Waals surface area contributed by atoms with Crippen LogP contribution in [0.4, 0.5) is 0 Å². The lowest BCUT2D eigenvalue weighted by Gasteiger charge is -2.25. The van der Waals surface area contributed by atoms with Crippen LogP contribution in [0.15, 0.2) is 24.3 Å². The van der Waals surface area contributed by atoms with E-state index in [0.717, 1.165) is 19.3 Å². The molecule has 0 aromatic heterocycles. The Hall–Kier alpha value is -1.04. The van der Waals surface area contributed by atoms with Crippen molar-refractivity contribution in [2.24, 2.45) is 0 Å². The Bertz CT molecular complexity index is 399. The van der Waals surface area contributed by atoms with E-state index in [1.54, 1.807) is 0 Å². The largest absolute Gasteiger partial charge is 0.371 e. The summed E-state index contributed by atoms with van der Waals surface area (Å²) in [5.41, 5.74) is 2.62. The zero-order chi connectivity index (χ0) is 11.4. The first-order chi connectivity index (χ1) is 7.81. The van der Waals surface area contributed by atoms with Crippen LogP contribution in [0.25, 0.3) is 0 Å². The lowest BCUT2D eigenvalue weighted by molar-refractivity contribution is 0.0457. The van der Waals surface area contributed by atoms with Crippen LogP contribution in [0.2, 0.25) is 0 Å². The third-order valence-electron chi connectivity index (χ3n) is 2.90. The number of hydrogen-bond donors (Lipinski definition) is 0. The van der Waals surface area contributed by atoms with Gasteiger partial charge in [0, 0.05) is 0 Å². The summed E-state index contributed by atoms with van der Waals surface area (Å²) < 4.78 is 5.71. The Morgan fingerprint density at radius 2 is 2.31 bits per heavy atom. The van der Waals surface area contributed by atoms with Gasteiger partial charge in [0.25, 0.3) is 0 Å². The second kappa shape index (κ2) is 5.34. The molecule has 0 heterocycles. The van der Waals surface area contributed by atoms with Crippen molar-refractivity contribution in [2.75, 3.05) is 6.61 Å². The molecule has 0 fully saturated rings. The summed E-state index contributed by atoms with van der Waals surface area (Å²) in [6, 6.07) is 10.3. The number of hydrogen-bond acceptors (Lipinski definition) is 2. The van der Waals surface area contributed by atoms with Crippen molar-refractivity contribution in [1.82, 2.24) is 0 Å². The van der Waals surface area contributed by atoms with E-state index < -0.39 is 5.38 Å². The van der Waals surface area contributed by atoms with Crippen molar-refractivity contribution in [3.63, 3.8) is 0 Å². The minimum atomic E-state index is -0.547. The lowest BCUT2D eigenvalue weighted by Crippen LogP contribution is -2.16. The van der Waals surface area contributed by atoms with E-state index in [0.29, 0.717) is 6.61 Å². The summed E-state index contributed by atoms with van der Waals surface area (Å²) in [5, 5.41) is 8.05. The third-order valence-corrected chi connectivity index (χ3v) is 3.12. The van der Waals surface area contributed by atoms with E-state index in [1.807, 2.05) is 12.1 Å². The summed E-state index contributed by atoms with van der Waals surface area (Å²) in [6.45, 7) is 0.303. The molecule has 84 valence electrons. The second-order valence-corrected chi connectivity index (χ2v) is 4.54. The SMILES string of the molecule is N#CC(Cl)COC1CCCc2ccccc21. The molecule has 2 atom stereocenters. The van der Waals surface area contributed by atoms with E-state index in [2.05, 4.69) is 18.2 Å². The highest BCUT2D eigenvalue weighted by Crippen LogP contribution is 2.32. The Kier molecular flexibility index (Phi) is 3.82. The van der Waals surface area contributed by atoms with Gasteiger partial charge in [0.1, 0.15) is 5.38 Å². The fourth-order valence-electron chi connectivity index (χ4n) is 2.12. The van der Waals surface area contributed by atoms with Crippen molar-refractivity contribution in [3.05, 3.63) is 35.4 Å². The normalized spacial score (nSPS) is 20.9. The molecule has 1 aromatic rings. The molecular weight excluding hydrogens is 222 g/mol. The average molecular weight is 236 g/mol. The molecule has 1 aliphatic carbocycles. The molecule has 2 nitrogen and oxygen atoms in total. The highest BCUT2D eigenvalue weighted by molar-refractivity contribution is 6.22. The van der Waals surface area contributed by atoms with Crippen LogP contribution in [0.3, 0.4) is 0 Å².